The summed E-state index contributed by atoms with van der Waals surface area (Å²) >= 11 is 0. The number of nitrogens with one attached hydrogen (secondary N) is 1. The number of hydrogen-bond acceptors (Lipinski definition) is 3. The fourth-order valence-electron chi connectivity index (χ4n) is 3.66. The molecule has 0 aromatic heterocycles. The summed E-state index contributed by atoms with van der Waals surface area (Å²) in [5, 5.41) is 3.45. The minimum Gasteiger partial charge on any atom is -0.497 e. The summed E-state index contributed by atoms with van der Waals surface area (Å²) < 4.78 is 11.8. The average molecular weight is 261 g/mol. The lowest BCUT2D eigenvalue weighted by atomic mass is 9.81. The van der Waals surface area contributed by atoms with Gasteiger partial charge in [-0.05, 0) is 38.3 Å². The normalized spacial score (nSPS) is 33.0. The smallest absolute Gasteiger partial charge is 0.128 e. The van der Waals surface area contributed by atoms with E-state index in [1.165, 1.54) is 24.8 Å². The van der Waals surface area contributed by atoms with Crippen molar-refractivity contribution < 1.29 is 9.47 Å². The molecule has 3 atom stereocenters. The molecule has 1 N–H and O–H groups in total. The summed E-state index contributed by atoms with van der Waals surface area (Å²) in [5.41, 5.74) is 1.28. The Morgan fingerprint density at radius 1 is 1.42 bits per heavy atom. The molecule has 3 rings (SSSR count). The van der Waals surface area contributed by atoms with Gasteiger partial charge < -0.3 is 14.8 Å². The Hall–Kier alpha value is -1.22. The first-order chi connectivity index (χ1) is 9.18. The van der Waals surface area contributed by atoms with Crippen molar-refractivity contribution in [1.82, 2.24) is 5.32 Å². The minimum atomic E-state index is 0.0209. The number of ether oxygens (including phenoxy) is 2. The van der Waals surface area contributed by atoms with Crippen molar-refractivity contribution >= 4 is 0 Å². The molecule has 0 amide bonds. The highest BCUT2D eigenvalue weighted by atomic mass is 16.5. The van der Waals surface area contributed by atoms with Crippen LogP contribution in [-0.4, -0.2) is 19.8 Å². The molecule has 1 aliphatic heterocycles. The number of methoxy groups -OCH3 is 1. The summed E-state index contributed by atoms with van der Waals surface area (Å²) in [6.45, 7) is 2.32. The Bertz CT molecular complexity index is 474. The van der Waals surface area contributed by atoms with Gasteiger partial charge in [-0.1, -0.05) is 13.0 Å². The Balaban J connectivity index is 2.01. The topological polar surface area (TPSA) is 30.5 Å². The number of hydrogen-bond donors (Lipinski definition) is 1. The van der Waals surface area contributed by atoms with E-state index in [0.29, 0.717) is 12.0 Å². The van der Waals surface area contributed by atoms with Gasteiger partial charge in [0.25, 0.3) is 0 Å². The molecular weight excluding hydrogens is 238 g/mol. The van der Waals surface area contributed by atoms with Crippen molar-refractivity contribution in [3.05, 3.63) is 23.8 Å². The molecule has 3 nitrogen and oxygen atoms in total. The molecule has 1 fully saturated rings. The van der Waals surface area contributed by atoms with Crippen LogP contribution in [-0.2, 0) is 0 Å². The van der Waals surface area contributed by atoms with E-state index in [2.05, 4.69) is 18.3 Å². The van der Waals surface area contributed by atoms with Crippen LogP contribution in [0.2, 0.25) is 0 Å². The highest BCUT2D eigenvalue weighted by Crippen LogP contribution is 2.50. The van der Waals surface area contributed by atoms with E-state index < -0.39 is 0 Å². The largest absolute Gasteiger partial charge is 0.497 e. The van der Waals surface area contributed by atoms with Crippen molar-refractivity contribution in [3.8, 4) is 11.5 Å². The monoisotopic (exact) mass is 261 g/mol. The minimum absolute atomic E-state index is 0.0209. The third-order valence-electron chi connectivity index (χ3n) is 4.94. The summed E-state index contributed by atoms with van der Waals surface area (Å²) in [6, 6.07) is 6.56. The van der Waals surface area contributed by atoms with E-state index >= 15 is 0 Å². The van der Waals surface area contributed by atoms with Crippen molar-refractivity contribution in [2.45, 2.75) is 44.2 Å². The van der Waals surface area contributed by atoms with Crippen molar-refractivity contribution in [3.63, 3.8) is 0 Å². The molecule has 0 bridgehead atoms. The van der Waals surface area contributed by atoms with E-state index in [4.69, 9.17) is 9.47 Å². The summed E-state index contributed by atoms with van der Waals surface area (Å²) in [6.07, 6.45) is 4.79. The van der Waals surface area contributed by atoms with Crippen LogP contribution in [0.1, 0.15) is 44.2 Å². The zero-order valence-electron chi connectivity index (χ0n) is 12.0. The fourth-order valence-corrected chi connectivity index (χ4v) is 3.66. The van der Waals surface area contributed by atoms with E-state index in [-0.39, 0.29) is 5.60 Å². The van der Waals surface area contributed by atoms with Crippen molar-refractivity contribution in [2.75, 3.05) is 14.2 Å². The molecule has 104 valence electrons. The molecular formula is C16H23NO2. The third-order valence-corrected chi connectivity index (χ3v) is 4.94. The van der Waals surface area contributed by atoms with Crippen LogP contribution in [0.4, 0.5) is 0 Å². The maximum absolute atomic E-state index is 6.45. The molecule has 1 spiro atoms. The number of rotatable bonds is 2. The lowest BCUT2D eigenvalue weighted by molar-refractivity contribution is 0.00258. The van der Waals surface area contributed by atoms with E-state index in [1.54, 1.807) is 7.11 Å². The van der Waals surface area contributed by atoms with Gasteiger partial charge in [-0.25, -0.2) is 0 Å². The zero-order valence-corrected chi connectivity index (χ0v) is 12.0. The molecule has 1 aliphatic carbocycles. The highest BCUT2D eigenvalue weighted by Gasteiger charge is 2.47. The van der Waals surface area contributed by atoms with Crippen LogP contribution >= 0.6 is 0 Å². The van der Waals surface area contributed by atoms with E-state index in [1.807, 2.05) is 19.2 Å². The Morgan fingerprint density at radius 2 is 2.26 bits per heavy atom. The molecule has 1 heterocycles. The van der Waals surface area contributed by atoms with Gasteiger partial charge >= 0.3 is 0 Å². The Morgan fingerprint density at radius 3 is 2.89 bits per heavy atom. The van der Waals surface area contributed by atoms with Gasteiger partial charge in [0, 0.05) is 24.1 Å². The highest BCUT2D eigenvalue weighted by molar-refractivity contribution is 5.45. The first kappa shape index (κ1) is 12.8. The summed E-state index contributed by atoms with van der Waals surface area (Å²) in [5.74, 6) is 2.50. The SMILES string of the molecule is CNC1CC2(CCCC2C)Oc2cc(OC)ccc21. The van der Waals surface area contributed by atoms with Crippen molar-refractivity contribution in [1.29, 1.82) is 0 Å². The summed E-state index contributed by atoms with van der Waals surface area (Å²) in [7, 11) is 3.74. The second kappa shape index (κ2) is 4.71. The predicted octanol–water partition coefficient (Wildman–Crippen LogP) is 3.30. The number of benzene rings is 1. The lowest BCUT2D eigenvalue weighted by Gasteiger charge is -2.42. The maximum atomic E-state index is 6.45. The third kappa shape index (κ3) is 2.00. The van der Waals surface area contributed by atoms with Gasteiger partial charge in [0.1, 0.15) is 17.1 Å². The lowest BCUT2D eigenvalue weighted by Crippen LogP contribution is -2.45. The van der Waals surface area contributed by atoms with Crippen molar-refractivity contribution in [2.24, 2.45) is 5.92 Å². The first-order valence-corrected chi connectivity index (χ1v) is 7.23. The fraction of sp³-hybridized carbons (Fsp3) is 0.625. The summed E-state index contributed by atoms with van der Waals surface area (Å²) in [4.78, 5) is 0. The zero-order chi connectivity index (χ0) is 13.5. The van der Waals surface area contributed by atoms with Crippen LogP contribution < -0.4 is 14.8 Å². The second-order valence-electron chi connectivity index (χ2n) is 5.91. The van der Waals surface area contributed by atoms with Gasteiger partial charge in [0.15, 0.2) is 0 Å². The Kier molecular flexibility index (Phi) is 3.17. The van der Waals surface area contributed by atoms with Gasteiger partial charge in [0.05, 0.1) is 7.11 Å². The van der Waals surface area contributed by atoms with Gasteiger partial charge in [-0.15, -0.1) is 0 Å². The Labute approximate surface area is 115 Å². The van der Waals surface area contributed by atoms with Crippen LogP contribution in [0.5, 0.6) is 11.5 Å². The van der Waals surface area contributed by atoms with E-state index in [9.17, 15) is 0 Å². The molecule has 1 aromatic rings. The van der Waals surface area contributed by atoms with Gasteiger partial charge in [-0.2, -0.15) is 0 Å². The molecule has 0 radical (unpaired) electrons. The van der Waals surface area contributed by atoms with Gasteiger partial charge in [-0.3, -0.25) is 0 Å². The molecule has 0 saturated heterocycles. The van der Waals surface area contributed by atoms with Gasteiger partial charge in [0.2, 0.25) is 0 Å². The predicted molar refractivity (Wildman–Crippen MR) is 75.8 cm³/mol. The standard InChI is InChI=1S/C16H23NO2/c1-11-5-4-8-16(11)10-14(17-2)13-7-6-12(18-3)9-15(13)19-16/h6-7,9,11,14,17H,4-5,8,10H2,1-3H3. The maximum Gasteiger partial charge on any atom is 0.128 e. The molecule has 1 saturated carbocycles. The van der Waals surface area contributed by atoms with Crippen LogP contribution in [0.15, 0.2) is 18.2 Å². The molecule has 3 unspecified atom stereocenters. The molecule has 3 heteroatoms. The quantitative estimate of drug-likeness (QED) is 0.886. The molecule has 2 aliphatic rings. The van der Waals surface area contributed by atoms with E-state index in [0.717, 1.165) is 17.9 Å². The number of fused-ring (bicyclic) bond motifs is 1. The van der Waals surface area contributed by atoms with Crippen LogP contribution in [0, 0.1) is 5.92 Å². The molecule has 19 heavy (non-hydrogen) atoms. The first-order valence-electron chi connectivity index (χ1n) is 7.23. The molecule has 1 aromatic carbocycles. The van der Waals surface area contributed by atoms with Crippen LogP contribution in [0.3, 0.4) is 0 Å². The second-order valence-corrected chi connectivity index (χ2v) is 5.91. The average Bonchev–Trinajstić information content (AvgIpc) is 2.77. The van der Waals surface area contributed by atoms with Crippen LogP contribution in [0.25, 0.3) is 0 Å².